The summed E-state index contributed by atoms with van der Waals surface area (Å²) in [6.07, 6.45) is 6.86. The third kappa shape index (κ3) is 2.18. The smallest absolute Gasteiger partial charge is 0.240 e. The fraction of sp³-hybridized carbons (Fsp3) is 0.600. The molecule has 1 fully saturated rings. The quantitative estimate of drug-likeness (QED) is 0.648. The van der Waals surface area contributed by atoms with Crippen molar-refractivity contribution >= 4 is 5.91 Å². The maximum atomic E-state index is 11.6. The van der Waals surface area contributed by atoms with Gasteiger partial charge < -0.3 is 16.0 Å². The second-order valence-electron chi connectivity index (χ2n) is 4.05. The SMILES string of the molecule is NC1(C(=O)NCCc2ncc[nH]2)CCC1. The van der Waals surface area contributed by atoms with Crippen LogP contribution in [-0.4, -0.2) is 28.0 Å². The fourth-order valence-corrected chi connectivity index (χ4v) is 1.69. The average Bonchev–Trinajstić information content (AvgIpc) is 2.66. The number of nitrogens with two attached hydrogens (primary N) is 1. The highest BCUT2D eigenvalue weighted by Gasteiger charge is 2.39. The van der Waals surface area contributed by atoms with Crippen LogP contribution < -0.4 is 11.1 Å². The van der Waals surface area contributed by atoms with Crippen LogP contribution in [0.25, 0.3) is 0 Å². The van der Waals surface area contributed by atoms with Gasteiger partial charge in [0.05, 0.1) is 5.54 Å². The summed E-state index contributed by atoms with van der Waals surface area (Å²) in [6.45, 7) is 0.589. The van der Waals surface area contributed by atoms with Crippen LogP contribution in [0, 0.1) is 0 Å². The molecule has 15 heavy (non-hydrogen) atoms. The molecule has 1 amide bonds. The maximum absolute atomic E-state index is 11.6. The number of carbonyl (C=O) groups is 1. The van der Waals surface area contributed by atoms with E-state index >= 15 is 0 Å². The molecule has 82 valence electrons. The van der Waals surface area contributed by atoms with Crippen molar-refractivity contribution in [2.24, 2.45) is 5.73 Å². The van der Waals surface area contributed by atoms with Gasteiger partial charge >= 0.3 is 0 Å². The van der Waals surface area contributed by atoms with Crippen LogP contribution in [0.15, 0.2) is 12.4 Å². The van der Waals surface area contributed by atoms with Gasteiger partial charge in [-0.3, -0.25) is 4.79 Å². The van der Waals surface area contributed by atoms with Gasteiger partial charge in [-0.25, -0.2) is 4.98 Å². The van der Waals surface area contributed by atoms with Crippen LogP contribution in [0.2, 0.25) is 0 Å². The van der Waals surface area contributed by atoms with Gasteiger partial charge in [0.15, 0.2) is 0 Å². The summed E-state index contributed by atoms with van der Waals surface area (Å²) in [4.78, 5) is 18.7. The van der Waals surface area contributed by atoms with Crippen LogP contribution >= 0.6 is 0 Å². The van der Waals surface area contributed by atoms with Crippen molar-refractivity contribution in [3.05, 3.63) is 18.2 Å². The molecule has 2 rings (SSSR count). The zero-order chi connectivity index (χ0) is 10.7. The number of hydrogen-bond donors (Lipinski definition) is 3. The lowest BCUT2D eigenvalue weighted by molar-refractivity contribution is -0.129. The average molecular weight is 208 g/mol. The molecule has 0 atom stereocenters. The second-order valence-corrected chi connectivity index (χ2v) is 4.05. The van der Waals surface area contributed by atoms with Crippen molar-refractivity contribution in [3.63, 3.8) is 0 Å². The molecular weight excluding hydrogens is 192 g/mol. The number of H-pyrrole nitrogens is 1. The molecule has 1 saturated carbocycles. The van der Waals surface area contributed by atoms with Crippen LogP contribution in [0.3, 0.4) is 0 Å². The van der Waals surface area contributed by atoms with Gasteiger partial charge in [-0.05, 0) is 19.3 Å². The van der Waals surface area contributed by atoms with E-state index in [0.717, 1.165) is 31.5 Å². The first kappa shape index (κ1) is 10.2. The molecule has 5 nitrogen and oxygen atoms in total. The summed E-state index contributed by atoms with van der Waals surface area (Å²) < 4.78 is 0. The normalized spacial score (nSPS) is 18.2. The molecule has 0 bridgehead atoms. The zero-order valence-corrected chi connectivity index (χ0v) is 8.62. The molecule has 1 aliphatic carbocycles. The van der Waals surface area contributed by atoms with Gasteiger partial charge in [-0.15, -0.1) is 0 Å². The number of nitrogens with one attached hydrogen (secondary N) is 2. The molecule has 0 aromatic carbocycles. The fourth-order valence-electron chi connectivity index (χ4n) is 1.69. The molecule has 5 heteroatoms. The Kier molecular flexibility index (Phi) is 2.73. The summed E-state index contributed by atoms with van der Waals surface area (Å²) in [5.41, 5.74) is 5.28. The highest BCUT2D eigenvalue weighted by Crippen LogP contribution is 2.28. The van der Waals surface area contributed by atoms with Crippen molar-refractivity contribution in [2.45, 2.75) is 31.2 Å². The molecule has 1 aromatic heterocycles. The number of aromatic nitrogens is 2. The van der Waals surface area contributed by atoms with E-state index < -0.39 is 5.54 Å². The van der Waals surface area contributed by atoms with Crippen LogP contribution in [0.4, 0.5) is 0 Å². The van der Waals surface area contributed by atoms with E-state index in [-0.39, 0.29) is 5.91 Å². The minimum atomic E-state index is -0.594. The van der Waals surface area contributed by atoms with Crippen molar-refractivity contribution in [2.75, 3.05) is 6.54 Å². The molecule has 0 spiro atoms. The third-order valence-corrected chi connectivity index (χ3v) is 2.90. The lowest BCUT2D eigenvalue weighted by Gasteiger charge is -2.36. The molecule has 1 aromatic rings. The number of hydrogen-bond acceptors (Lipinski definition) is 3. The number of aromatic amines is 1. The van der Waals surface area contributed by atoms with Gasteiger partial charge in [0.2, 0.25) is 5.91 Å². The third-order valence-electron chi connectivity index (χ3n) is 2.90. The topological polar surface area (TPSA) is 83.8 Å². The van der Waals surface area contributed by atoms with Gasteiger partial charge in [-0.2, -0.15) is 0 Å². The minimum Gasteiger partial charge on any atom is -0.354 e. The minimum absolute atomic E-state index is 0.0275. The highest BCUT2D eigenvalue weighted by atomic mass is 16.2. The van der Waals surface area contributed by atoms with Crippen LogP contribution in [0.5, 0.6) is 0 Å². The van der Waals surface area contributed by atoms with E-state index in [1.54, 1.807) is 12.4 Å². The molecule has 1 aliphatic rings. The predicted octanol–water partition coefficient (Wildman–Crippen LogP) is -0.0502. The molecule has 0 unspecified atom stereocenters. The lowest BCUT2D eigenvalue weighted by Crippen LogP contribution is -2.58. The maximum Gasteiger partial charge on any atom is 0.240 e. The largest absolute Gasteiger partial charge is 0.354 e. The van der Waals surface area contributed by atoms with E-state index in [9.17, 15) is 4.79 Å². The Balaban J connectivity index is 1.72. The summed E-state index contributed by atoms with van der Waals surface area (Å²) >= 11 is 0. The van der Waals surface area contributed by atoms with Crippen LogP contribution in [0.1, 0.15) is 25.1 Å². The Labute approximate surface area is 88.5 Å². The van der Waals surface area contributed by atoms with E-state index in [0.29, 0.717) is 6.54 Å². The van der Waals surface area contributed by atoms with Crippen molar-refractivity contribution < 1.29 is 4.79 Å². The van der Waals surface area contributed by atoms with Gasteiger partial charge in [0, 0.05) is 25.4 Å². The summed E-state index contributed by atoms with van der Waals surface area (Å²) in [7, 11) is 0. The summed E-state index contributed by atoms with van der Waals surface area (Å²) in [6, 6.07) is 0. The van der Waals surface area contributed by atoms with Crippen molar-refractivity contribution in [3.8, 4) is 0 Å². The molecule has 1 heterocycles. The highest BCUT2D eigenvalue weighted by molar-refractivity contribution is 5.86. The zero-order valence-electron chi connectivity index (χ0n) is 8.62. The molecular formula is C10H16N4O. The molecule has 0 radical (unpaired) electrons. The standard InChI is InChI=1S/C10H16N4O/c11-10(3-1-4-10)9(15)14-5-2-8-12-6-7-13-8/h6-7H,1-5,11H2,(H,12,13)(H,14,15). The number of rotatable bonds is 4. The predicted molar refractivity (Wildman–Crippen MR) is 56.1 cm³/mol. The monoisotopic (exact) mass is 208 g/mol. The van der Waals surface area contributed by atoms with Crippen molar-refractivity contribution in [1.29, 1.82) is 0 Å². The number of imidazole rings is 1. The number of nitrogens with zero attached hydrogens (tertiary/aromatic N) is 1. The number of amides is 1. The Hall–Kier alpha value is -1.36. The van der Waals surface area contributed by atoms with Gasteiger partial charge in [0.1, 0.15) is 5.82 Å². The molecule has 0 saturated heterocycles. The van der Waals surface area contributed by atoms with E-state index in [4.69, 9.17) is 5.73 Å². The second kappa shape index (κ2) is 4.02. The summed E-state index contributed by atoms with van der Waals surface area (Å²) in [5.74, 6) is 0.857. The Morgan fingerprint density at radius 1 is 1.67 bits per heavy atom. The Morgan fingerprint density at radius 3 is 3.00 bits per heavy atom. The van der Waals surface area contributed by atoms with E-state index in [1.165, 1.54) is 0 Å². The van der Waals surface area contributed by atoms with Crippen LogP contribution in [-0.2, 0) is 11.2 Å². The van der Waals surface area contributed by atoms with E-state index in [1.807, 2.05) is 0 Å². The lowest BCUT2D eigenvalue weighted by atomic mass is 9.77. The van der Waals surface area contributed by atoms with Gasteiger partial charge in [-0.1, -0.05) is 0 Å². The first-order valence-electron chi connectivity index (χ1n) is 5.26. The molecule has 4 N–H and O–H groups in total. The molecule has 0 aliphatic heterocycles. The Morgan fingerprint density at radius 2 is 2.47 bits per heavy atom. The first-order chi connectivity index (χ1) is 7.21. The Bertz CT molecular complexity index is 329. The first-order valence-corrected chi connectivity index (χ1v) is 5.26. The van der Waals surface area contributed by atoms with Crippen molar-refractivity contribution in [1.82, 2.24) is 15.3 Å². The summed E-state index contributed by atoms with van der Waals surface area (Å²) in [5, 5.41) is 2.84. The van der Waals surface area contributed by atoms with E-state index in [2.05, 4.69) is 15.3 Å². The van der Waals surface area contributed by atoms with Gasteiger partial charge in [0.25, 0.3) is 0 Å². The number of carbonyl (C=O) groups excluding carboxylic acids is 1.